The van der Waals surface area contributed by atoms with E-state index in [-0.39, 0.29) is 0 Å². The van der Waals surface area contributed by atoms with Gasteiger partial charge < -0.3 is 4.42 Å². The van der Waals surface area contributed by atoms with Gasteiger partial charge in [-0.15, -0.1) is 0 Å². The predicted octanol–water partition coefficient (Wildman–Crippen LogP) is 0.658. The van der Waals surface area contributed by atoms with E-state index in [1.165, 1.54) is 18.5 Å². The molecule has 0 unspecified atom stereocenters. The van der Waals surface area contributed by atoms with Gasteiger partial charge in [-0.3, -0.25) is 4.79 Å². The first-order valence-corrected chi connectivity index (χ1v) is 3.09. The van der Waals surface area contributed by atoms with Crippen LogP contribution in [0.4, 0.5) is 0 Å². The second-order valence-corrected chi connectivity index (χ2v) is 1.88. The molecule has 4 nitrogen and oxygen atoms in total. The molecule has 0 fully saturated rings. The van der Waals surface area contributed by atoms with Crippen LogP contribution in [-0.2, 0) is 0 Å². The number of allylic oxidation sites excluding steroid dienone is 2. The summed E-state index contributed by atoms with van der Waals surface area (Å²) in [4.78, 5) is 21.6. The van der Waals surface area contributed by atoms with Gasteiger partial charge in [-0.1, -0.05) is 6.08 Å². The van der Waals surface area contributed by atoms with E-state index in [0.717, 1.165) is 4.57 Å². The van der Waals surface area contributed by atoms with Crippen LogP contribution >= 0.6 is 0 Å². The standard InChI is InChI=1S/C7H7NO3/c1-2-3-6(9)8-4-5-11-7(8)10/h2-5H,1H3. The molecule has 0 amide bonds. The van der Waals surface area contributed by atoms with Crippen LogP contribution < -0.4 is 5.76 Å². The summed E-state index contributed by atoms with van der Waals surface area (Å²) in [5, 5.41) is 0. The van der Waals surface area contributed by atoms with Gasteiger partial charge in [0.25, 0.3) is 5.91 Å². The van der Waals surface area contributed by atoms with Crippen LogP contribution in [0.3, 0.4) is 0 Å². The summed E-state index contributed by atoms with van der Waals surface area (Å²) in [6.07, 6.45) is 5.30. The van der Waals surface area contributed by atoms with Crippen LogP contribution in [0.1, 0.15) is 11.7 Å². The number of hydrogen-bond donors (Lipinski definition) is 0. The molecular weight excluding hydrogens is 146 g/mol. The molecule has 0 aromatic carbocycles. The molecule has 11 heavy (non-hydrogen) atoms. The van der Waals surface area contributed by atoms with Crippen LogP contribution in [0, 0.1) is 0 Å². The SMILES string of the molecule is CC=CC(=O)n1ccoc1=O. The monoisotopic (exact) mass is 153 g/mol. The second-order valence-electron chi connectivity index (χ2n) is 1.88. The fourth-order valence-electron chi connectivity index (χ4n) is 0.653. The molecule has 1 heterocycles. The lowest BCUT2D eigenvalue weighted by Gasteiger charge is -1.87. The molecule has 0 saturated carbocycles. The van der Waals surface area contributed by atoms with E-state index in [0.29, 0.717) is 0 Å². The first-order valence-electron chi connectivity index (χ1n) is 3.09. The molecule has 1 aromatic rings. The second kappa shape index (κ2) is 3.01. The largest absolute Gasteiger partial charge is 0.426 e. The Morgan fingerprint density at radius 1 is 1.73 bits per heavy atom. The molecule has 0 aliphatic heterocycles. The highest BCUT2D eigenvalue weighted by Crippen LogP contribution is 1.84. The number of nitrogens with zero attached hydrogens (tertiary/aromatic N) is 1. The van der Waals surface area contributed by atoms with Gasteiger partial charge in [-0.2, -0.15) is 0 Å². The Kier molecular flexibility index (Phi) is 2.06. The maximum Gasteiger partial charge on any atom is 0.426 e. The van der Waals surface area contributed by atoms with Gasteiger partial charge in [-0.25, -0.2) is 9.36 Å². The number of rotatable bonds is 1. The topological polar surface area (TPSA) is 52.2 Å². The van der Waals surface area contributed by atoms with Crippen molar-refractivity contribution >= 4 is 5.91 Å². The number of carbonyl (C=O) groups is 1. The smallest absolute Gasteiger partial charge is 0.416 e. The summed E-state index contributed by atoms with van der Waals surface area (Å²) in [6, 6.07) is 0. The molecule has 0 atom stereocenters. The van der Waals surface area contributed by atoms with Gasteiger partial charge in [-0.05, 0) is 13.0 Å². The van der Waals surface area contributed by atoms with Crippen molar-refractivity contribution in [3.8, 4) is 0 Å². The summed E-state index contributed by atoms with van der Waals surface area (Å²) < 4.78 is 5.27. The van der Waals surface area contributed by atoms with Crippen molar-refractivity contribution < 1.29 is 9.21 Å². The van der Waals surface area contributed by atoms with E-state index < -0.39 is 11.7 Å². The molecule has 0 bridgehead atoms. The number of carbonyl (C=O) groups excluding carboxylic acids is 1. The lowest BCUT2D eigenvalue weighted by atomic mass is 10.5. The Hall–Kier alpha value is -1.58. The third kappa shape index (κ3) is 1.46. The Morgan fingerprint density at radius 3 is 2.91 bits per heavy atom. The van der Waals surface area contributed by atoms with Gasteiger partial charge in [0.05, 0.1) is 6.20 Å². The third-order valence-electron chi connectivity index (χ3n) is 1.12. The molecule has 0 N–H and O–H groups in total. The summed E-state index contributed by atoms with van der Waals surface area (Å²) in [6.45, 7) is 1.70. The summed E-state index contributed by atoms with van der Waals surface area (Å²) >= 11 is 0. The summed E-state index contributed by atoms with van der Waals surface area (Å²) in [5.74, 6) is -1.06. The molecule has 0 radical (unpaired) electrons. The minimum atomic E-state index is -0.659. The Morgan fingerprint density at radius 2 is 2.45 bits per heavy atom. The Balaban J connectivity index is 3.03. The van der Waals surface area contributed by atoms with Crippen molar-refractivity contribution in [2.24, 2.45) is 0 Å². The fourth-order valence-corrected chi connectivity index (χ4v) is 0.653. The van der Waals surface area contributed by atoms with Gasteiger partial charge in [0, 0.05) is 0 Å². The minimum absolute atomic E-state index is 0.397. The van der Waals surface area contributed by atoms with Gasteiger partial charge in [0.15, 0.2) is 0 Å². The molecular formula is C7H7NO3. The molecule has 1 rings (SSSR count). The van der Waals surface area contributed by atoms with Crippen molar-refractivity contribution in [2.45, 2.75) is 6.92 Å². The van der Waals surface area contributed by atoms with Crippen molar-refractivity contribution in [3.63, 3.8) is 0 Å². The van der Waals surface area contributed by atoms with Crippen LogP contribution in [0.15, 0.2) is 33.8 Å². The van der Waals surface area contributed by atoms with Crippen LogP contribution in [0.25, 0.3) is 0 Å². The van der Waals surface area contributed by atoms with Crippen molar-refractivity contribution in [3.05, 3.63) is 35.2 Å². The van der Waals surface area contributed by atoms with Gasteiger partial charge in [0.2, 0.25) is 0 Å². The Labute approximate surface area is 62.7 Å². The van der Waals surface area contributed by atoms with Crippen LogP contribution in [-0.4, -0.2) is 10.5 Å². The van der Waals surface area contributed by atoms with Gasteiger partial charge >= 0.3 is 5.76 Å². The third-order valence-corrected chi connectivity index (χ3v) is 1.12. The lowest BCUT2D eigenvalue weighted by molar-refractivity contribution is 0.0961. The van der Waals surface area contributed by atoms with Crippen molar-refractivity contribution in [2.75, 3.05) is 0 Å². The molecule has 0 spiro atoms. The number of aromatic nitrogens is 1. The fraction of sp³-hybridized carbons (Fsp3) is 0.143. The average Bonchev–Trinajstić information content (AvgIpc) is 2.36. The maximum absolute atomic E-state index is 10.9. The number of hydrogen-bond acceptors (Lipinski definition) is 3. The first-order chi connectivity index (χ1) is 5.25. The van der Waals surface area contributed by atoms with E-state index in [1.807, 2.05) is 0 Å². The number of oxazole rings is 1. The predicted molar refractivity (Wildman–Crippen MR) is 38.4 cm³/mol. The molecule has 0 aliphatic carbocycles. The van der Waals surface area contributed by atoms with Crippen molar-refractivity contribution in [1.82, 2.24) is 4.57 Å². The van der Waals surface area contributed by atoms with E-state index in [4.69, 9.17) is 0 Å². The van der Waals surface area contributed by atoms with E-state index >= 15 is 0 Å². The highest BCUT2D eigenvalue weighted by Gasteiger charge is 2.02. The van der Waals surface area contributed by atoms with E-state index in [1.54, 1.807) is 13.0 Å². The van der Waals surface area contributed by atoms with Crippen LogP contribution in [0.2, 0.25) is 0 Å². The zero-order chi connectivity index (χ0) is 8.27. The molecule has 58 valence electrons. The van der Waals surface area contributed by atoms with Crippen molar-refractivity contribution in [1.29, 1.82) is 0 Å². The average molecular weight is 153 g/mol. The zero-order valence-corrected chi connectivity index (χ0v) is 5.98. The highest BCUT2D eigenvalue weighted by molar-refractivity contribution is 5.89. The maximum atomic E-state index is 10.9. The molecule has 4 heteroatoms. The molecule has 0 aliphatic rings. The first kappa shape index (κ1) is 7.53. The zero-order valence-electron chi connectivity index (χ0n) is 5.98. The van der Waals surface area contributed by atoms with Gasteiger partial charge in [0.1, 0.15) is 6.26 Å². The summed E-state index contributed by atoms with van der Waals surface area (Å²) in [7, 11) is 0. The summed E-state index contributed by atoms with van der Waals surface area (Å²) in [5.41, 5.74) is 0. The minimum Gasteiger partial charge on any atom is -0.416 e. The molecule has 0 saturated heterocycles. The lowest BCUT2D eigenvalue weighted by Crippen LogP contribution is -2.19. The highest BCUT2D eigenvalue weighted by atomic mass is 16.4. The van der Waals surface area contributed by atoms with E-state index in [9.17, 15) is 9.59 Å². The van der Waals surface area contributed by atoms with Crippen LogP contribution in [0.5, 0.6) is 0 Å². The Bertz CT molecular complexity index is 331. The quantitative estimate of drug-likeness (QED) is 0.557. The molecule has 1 aromatic heterocycles. The normalized spacial score (nSPS) is 10.6. The van der Waals surface area contributed by atoms with E-state index in [2.05, 4.69) is 4.42 Å².